The molecule has 1 aliphatic heterocycles. The van der Waals surface area contributed by atoms with Gasteiger partial charge in [0.1, 0.15) is 0 Å². The van der Waals surface area contributed by atoms with Crippen LogP contribution in [0.1, 0.15) is 11.8 Å². The van der Waals surface area contributed by atoms with Crippen molar-refractivity contribution in [2.75, 3.05) is 10.2 Å². The van der Waals surface area contributed by atoms with E-state index in [0.717, 1.165) is 56.0 Å². The molecule has 3 heteroatoms. The Labute approximate surface area is 303 Å². The van der Waals surface area contributed by atoms with Gasteiger partial charge in [0.2, 0.25) is 0 Å². The topological polar surface area (TPSA) is 24.5 Å². The number of benzene rings is 9. The molecule has 0 bridgehead atoms. The monoisotopic (exact) mass is 666 g/mol. The standard InChI is InChI=1S/C49H34N2O/c1-4-14-33(15-5-1)37-26-28-42-43-29-27-38(32-45(43)48-47(44(42)31-37)50-49(52-48)35-17-6-2-7-18-35)36-20-12-23-40(30-36)51(39-21-8-3-9-22-39)46-25-13-19-34-16-10-11-24-41(34)46/h1-32,49-50H. The smallest absolute Gasteiger partial charge is 0.196 e. The van der Waals surface area contributed by atoms with Crippen LogP contribution in [0.2, 0.25) is 0 Å². The number of ether oxygens (including phenoxy) is 1. The first-order chi connectivity index (χ1) is 25.8. The molecule has 10 rings (SSSR count). The van der Waals surface area contributed by atoms with E-state index in [4.69, 9.17) is 4.74 Å². The molecule has 1 N–H and O–H groups in total. The summed E-state index contributed by atoms with van der Waals surface area (Å²) in [5.41, 5.74) is 10.1. The summed E-state index contributed by atoms with van der Waals surface area (Å²) >= 11 is 0. The Morgan fingerprint density at radius 3 is 1.79 bits per heavy atom. The zero-order valence-corrected chi connectivity index (χ0v) is 28.4. The van der Waals surface area contributed by atoms with Gasteiger partial charge in [0.25, 0.3) is 0 Å². The van der Waals surface area contributed by atoms with Crippen LogP contribution < -0.4 is 15.0 Å². The molecular weight excluding hydrogens is 633 g/mol. The van der Waals surface area contributed by atoms with Crippen LogP contribution in [0.15, 0.2) is 194 Å². The second kappa shape index (κ2) is 12.5. The Morgan fingerprint density at radius 2 is 0.981 bits per heavy atom. The molecule has 1 unspecified atom stereocenters. The maximum Gasteiger partial charge on any atom is 0.196 e. The number of nitrogens with zero attached hydrogens (tertiary/aromatic N) is 1. The molecule has 0 saturated heterocycles. The molecule has 0 spiro atoms. The summed E-state index contributed by atoms with van der Waals surface area (Å²) in [6.07, 6.45) is -0.280. The Hall–Kier alpha value is -6.84. The number of nitrogens with one attached hydrogen (secondary N) is 1. The number of anilines is 4. The van der Waals surface area contributed by atoms with Gasteiger partial charge in [-0.3, -0.25) is 0 Å². The van der Waals surface area contributed by atoms with E-state index in [9.17, 15) is 0 Å². The van der Waals surface area contributed by atoms with Crippen LogP contribution in [0.25, 0.3) is 54.6 Å². The Morgan fingerprint density at radius 1 is 0.404 bits per heavy atom. The lowest BCUT2D eigenvalue weighted by molar-refractivity contribution is 0.262. The van der Waals surface area contributed by atoms with E-state index in [2.05, 4.69) is 198 Å². The van der Waals surface area contributed by atoms with Crippen molar-refractivity contribution in [2.45, 2.75) is 6.23 Å². The highest BCUT2D eigenvalue weighted by atomic mass is 16.5. The second-order valence-electron chi connectivity index (χ2n) is 13.4. The summed E-state index contributed by atoms with van der Waals surface area (Å²) in [5.74, 6) is 0.890. The Kier molecular flexibility index (Phi) is 7.21. The highest BCUT2D eigenvalue weighted by Gasteiger charge is 2.28. The molecular formula is C49H34N2O. The minimum Gasteiger partial charge on any atom is -0.464 e. The van der Waals surface area contributed by atoms with Crippen molar-refractivity contribution in [1.82, 2.24) is 0 Å². The molecule has 0 saturated carbocycles. The molecule has 1 heterocycles. The minimum atomic E-state index is -0.280. The average Bonchev–Trinajstić information content (AvgIpc) is 3.68. The third-order valence-electron chi connectivity index (χ3n) is 10.3. The first-order valence-corrected chi connectivity index (χ1v) is 17.8. The van der Waals surface area contributed by atoms with Gasteiger partial charge < -0.3 is 15.0 Å². The van der Waals surface area contributed by atoms with E-state index in [-0.39, 0.29) is 6.23 Å². The highest BCUT2D eigenvalue weighted by Crippen LogP contribution is 2.50. The van der Waals surface area contributed by atoms with Gasteiger partial charge in [0, 0.05) is 33.1 Å². The van der Waals surface area contributed by atoms with Crippen LogP contribution in [-0.4, -0.2) is 0 Å². The first-order valence-electron chi connectivity index (χ1n) is 17.8. The summed E-state index contributed by atoms with van der Waals surface area (Å²) in [6, 6.07) is 69.2. The predicted molar refractivity (Wildman–Crippen MR) is 218 cm³/mol. The molecule has 0 aliphatic carbocycles. The quantitative estimate of drug-likeness (QED) is 0.179. The number of rotatable bonds is 6. The van der Waals surface area contributed by atoms with E-state index in [1.165, 1.54) is 32.7 Å². The van der Waals surface area contributed by atoms with Crippen LogP contribution in [0.3, 0.4) is 0 Å². The Balaban J connectivity index is 1.14. The molecule has 1 atom stereocenters. The van der Waals surface area contributed by atoms with Gasteiger partial charge in [0.05, 0.1) is 11.4 Å². The molecule has 9 aromatic rings. The van der Waals surface area contributed by atoms with Crippen molar-refractivity contribution in [3.63, 3.8) is 0 Å². The van der Waals surface area contributed by atoms with Crippen molar-refractivity contribution in [3.8, 4) is 28.0 Å². The number of hydrogen-bond acceptors (Lipinski definition) is 3. The van der Waals surface area contributed by atoms with Crippen molar-refractivity contribution < 1.29 is 4.74 Å². The SMILES string of the molecule is c1ccc(-c2ccc3c(c2)c2c(c4cc(-c5cccc(N(c6ccccc6)c6cccc7ccccc67)c5)ccc43)OC(c3ccccc3)N2)cc1. The lowest BCUT2D eigenvalue weighted by Crippen LogP contribution is -2.10. The van der Waals surface area contributed by atoms with Gasteiger partial charge in [-0.25, -0.2) is 0 Å². The Bertz CT molecular complexity index is 2740. The van der Waals surface area contributed by atoms with Crippen LogP contribution in [-0.2, 0) is 0 Å². The molecule has 9 aromatic carbocycles. The third-order valence-corrected chi connectivity index (χ3v) is 10.3. The van der Waals surface area contributed by atoms with Gasteiger partial charge in [0.15, 0.2) is 12.0 Å². The second-order valence-corrected chi connectivity index (χ2v) is 13.4. The van der Waals surface area contributed by atoms with Crippen LogP contribution in [0.4, 0.5) is 22.7 Å². The number of fused-ring (bicyclic) bond motifs is 7. The van der Waals surface area contributed by atoms with E-state index in [1.807, 2.05) is 6.07 Å². The zero-order valence-electron chi connectivity index (χ0n) is 28.4. The fourth-order valence-electron chi connectivity index (χ4n) is 7.76. The van der Waals surface area contributed by atoms with Gasteiger partial charge >= 0.3 is 0 Å². The largest absolute Gasteiger partial charge is 0.464 e. The van der Waals surface area contributed by atoms with Crippen molar-refractivity contribution >= 4 is 55.1 Å². The van der Waals surface area contributed by atoms with Crippen LogP contribution >= 0.6 is 0 Å². The molecule has 246 valence electrons. The molecule has 52 heavy (non-hydrogen) atoms. The minimum absolute atomic E-state index is 0.280. The fourth-order valence-corrected chi connectivity index (χ4v) is 7.76. The lowest BCUT2D eigenvalue weighted by atomic mass is 9.93. The summed E-state index contributed by atoms with van der Waals surface area (Å²) in [5, 5.41) is 10.8. The van der Waals surface area contributed by atoms with Crippen LogP contribution in [0, 0.1) is 0 Å². The summed E-state index contributed by atoms with van der Waals surface area (Å²) in [4.78, 5) is 2.36. The fraction of sp³-hybridized carbons (Fsp3) is 0.0204. The molecule has 0 fully saturated rings. The van der Waals surface area contributed by atoms with Gasteiger partial charge in [-0.1, -0.05) is 152 Å². The molecule has 0 amide bonds. The highest BCUT2D eigenvalue weighted by molar-refractivity contribution is 6.18. The van der Waals surface area contributed by atoms with Crippen molar-refractivity contribution in [3.05, 3.63) is 200 Å². The van der Waals surface area contributed by atoms with E-state index < -0.39 is 0 Å². The summed E-state index contributed by atoms with van der Waals surface area (Å²) < 4.78 is 6.85. The van der Waals surface area contributed by atoms with Crippen LogP contribution in [0.5, 0.6) is 5.75 Å². The summed E-state index contributed by atoms with van der Waals surface area (Å²) in [7, 11) is 0. The maximum atomic E-state index is 6.85. The summed E-state index contributed by atoms with van der Waals surface area (Å²) in [6.45, 7) is 0. The van der Waals surface area contributed by atoms with E-state index >= 15 is 0 Å². The normalized spacial score (nSPS) is 13.5. The lowest BCUT2D eigenvalue weighted by Gasteiger charge is -2.27. The number of para-hydroxylation sites is 1. The van der Waals surface area contributed by atoms with Gasteiger partial charge in [-0.05, 0) is 80.9 Å². The molecule has 1 aliphatic rings. The third kappa shape index (κ3) is 5.14. The van der Waals surface area contributed by atoms with Crippen molar-refractivity contribution in [1.29, 1.82) is 0 Å². The van der Waals surface area contributed by atoms with Gasteiger partial charge in [-0.2, -0.15) is 0 Å². The first kappa shape index (κ1) is 30.0. The maximum absolute atomic E-state index is 6.85. The predicted octanol–water partition coefficient (Wildman–Crippen LogP) is 13.5. The molecule has 3 nitrogen and oxygen atoms in total. The van der Waals surface area contributed by atoms with Crippen molar-refractivity contribution in [2.24, 2.45) is 0 Å². The molecule has 0 aromatic heterocycles. The van der Waals surface area contributed by atoms with Gasteiger partial charge in [-0.15, -0.1) is 0 Å². The van der Waals surface area contributed by atoms with E-state index in [0.29, 0.717) is 0 Å². The number of hydrogen-bond donors (Lipinski definition) is 1. The zero-order chi connectivity index (χ0) is 34.4. The average molecular weight is 667 g/mol. The molecule has 0 radical (unpaired) electrons. The van der Waals surface area contributed by atoms with E-state index in [1.54, 1.807) is 0 Å².